The molecule has 19 heavy (non-hydrogen) atoms. The van der Waals surface area contributed by atoms with Gasteiger partial charge in [-0.15, -0.1) is 0 Å². The average Bonchev–Trinajstić information content (AvgIpc) is 2.86. The fourth-order valence-corrected chi connectivity index (χ4v) is 2.92. The first-order chi connectivity index (χ1) is 9.10. The summed E-state index contributed by atoms with van der Waals surface area (Å²) in [5.74, 6) is -0.373. The van der Waals surface area contributed by atoms with Gasteiger partial charge in [0.1, 0.15) is 0 Å². The lowest BCUT2D eigenvalue weighted by Crippen LogP contribution is -2.44. The Bertz CT molecular complexity index is 340. The van der Waals surface area contributed by atoms with Crippen molar-refractivity contribution in [3.8, 4) is 0 Å². The van der Waals surface area contributed by atoms with Crippen molar-refractivity contribution in [3.05, 3.63) is 0 Å². The van der Waals surface area contributed by atoms with Crippen molar-refractivity contribution < 1.29 is 14.7 Å². The van der Waals surface area contributed by atoms with E-state index in [1.807, 2.05) is 0 Å². The maximum absolute atomic E-state index is 12.1. The Balaban J connectivity index is 1.74. The SMILES string of the molecule is NCC1CCN(CC(=O)N2CCC(C(=O)O)CC2)C1. The van der Waals surface area contributed by atoms with E-state index in [1.54, 1.807) is 4.90 Å². The van der Waals surface area contributed by atoms with Crippen molar-refractivity contribution in [2.75, 3.05) is 39.3 Å². The zero-order valence-corrected chi connectivity index (χ0v) is 11.3. The molecule has 2 aliphatic heterocycles. The molecule has 108 valence electrons. The molecular formula is C13H23N3O3. The van der Waals surface area contributed by atoms with E-state index in [9.17, 15) is 9.59 Å². The zero-order chi connectivity index (χ0) is 13.8. The lowest BCUT2D eigenvalue weighted by molar-refractivity contribution is -0.145. The van der Waals surface area contributed by atoms with Crippen LogP contribution in [0.15, 0.2) is 0 Å². The van der Waals surface area contributed by atoms with Gasteiger partial charge in [-0.05, 0) is 38.3 Å². The van der Waals surface area contributed by atoms with Crippen LogP contribution in [-0.4, -0.2) is 66.1 Å². The Morgan fingerprint density at radius 3 is 2.37 bits per heavy atom. The van der Waals surface area contributed by atoms with Crippen molar-refractivity contribution in [1.82, 2.24) is 9.80 Å². The normalized spacial score (nSPS) is 25.7. The summed E-state index contributed by atoms with van der Waals surface area (Å²) in [5.41, 5.74) is 5.64. The van der Waals surface area contributed by atoms with Gasteiger partial charge in [-0.1, -0.05) is 0 Å². The standard InChI is InChI=1S/C13H23N3O3/c14-7-10-1-4-15(8-10)9-12(17)16-5-2-11(3-6-16)13(18)19/h10-11H,1-9,14H2,(H,18,19). The maximum Gasteiger partial charge on any atom is 0.306 e. The minimum atomic E-state index is -0.738. The smallest absolute Gasteiger partial charge is 0.306 e. The van der Waals surface area contributed by atoms with Crippen LogP contribution in [0.4, 0.5) is 0 Å². The van der Waals surface area contributed by atoms with Crippen LogP contribution >= 0.6 is 0 Å². The summed E-state index contributed by atoms with van der Waals surface area (Å²) in [7, 11) is 0. The number of carboxylic acids is 1. The minimum absolute atomic E-state index is 0.126. The lowest BCUT2D eigenvalue weighted by atomic mass is 9.97. The molecule has 0 aromatic carbocycles. The number of likely N-dealkylation sites (tertiary alicyclic amines) is 2. The van der Waals surface area contributed by atoms with E-state index in [-0.39, 0.29) is 11.8 Å². The first-order valence-corrected chi connectivity index (χ1v) is 7.03. The Hall–Kier alpha value is -1.14. The highest BCUT2D eigenvalue weighted by atomic mass is 16.4. The van der Waals surface area contributed by atoms with Crippen molar-refractivity contribution in [1.29, 1.82) is 0 Å². The molecule has 0 saturated carbocycles. The van der Waals surface area contributed by atoms with Crippen LogP contribution < -0.4 is 5.73 Å². The second-order valence-corrected chi connectivity index (χ2v) is 5.62. The minimum Gasteiger partial charge on any atom is -0.481 e. The molecule has 0 aromatic heterocycles. The summed E-state index contributed by atoms with van der Waals surface area (Å²) in [4.78, 5) is 26.9. The third-order valence-electron chi connectivity index (χ3n) is 4.26. The molecule has 0 aliphatic carbocycles. The zero-order valence-electron chi connectivity index (χ0n) is 11.3. The molecule has 0 spiro atoms. The summed E-state index contributed by atoms with van der Waals surface area (Å²) >= 11 is 0. The second-order valence-electron chi connectivity index (χ2n) is 5.62. The number of carboxylic acid groups (broad SMARTS) is 1. The largest absolute Gasteiger partial charge is 0.481 e. The second kappa shape index (κ2) is 6.34. The van der Waals surface area contributed by atoms with E-state index in [1.165, 1.54) is 0 Å². The molecule has 2 saturated heterocycles. The molecule has 2 aliphatic rings. The van der Waals surface area contributed by atoms with E-state index in [0.29, 0.717) is 44.9 Å². The van der Waals surface area contributed by atoms with Crippen LogP contribution in [0.25, 0.3) is 0 Å². The fourth-order valence-electron chi connectivity index (χ4n) is 2.92. The van der Waals surface area contributed by atoms with Gasteiger partial charge in [0.05, 0.1) is 12.5 Å². The van der Waals surface area contributed by atoms with Gasteiger partial charge >= 0.3 is 5.97 Å². The monoisotopic (exact) mass is 269 g/mol. The van der Waals surface area contributed by atoms with Gasteiger partial charge in [-0.2, -0.15) is 0 Å². The highest BCUT2D eigenvalue weighted by Gasteiger charge is 2.29. The van der Waals surface area contributed by atoms with Crippen LogP contribution in [0.1, 0.15) is 19.3 Å². The predicted octanol–water partition coefficient (Wildman–Crippen LogP) is -0.410. The first-order valence-electron chi connectivity index (χ1n) is 7.03. The average molecular weight is 269 g/mol. The molecule has 0 aromatic rings. The summed E-state index contributed by atoms with van der Waals surface area (Å²) in [6.07, 6.45) is 2.23. The third kappa shape index (κ3) is 3.67. The number of carbonyl (C=O) groups is 2. The number of hydrogen-bond donors (Lipinski definition) is 2. The molecule has 1 atom stereocenters. The Morgan fingerprint density at radius 1 is 1.16 bits per heavy atom. The molecule has 6 nitrogen and oxygen atoms in total. The van der Waals surface area contributed by atoms with Gasteiger partial charge in [0.25, 0.3) is 0 Å². The molecule has 3 N–H and O–H groups in total. The van der Waals surface area contributed by atoms with E-state index in [2.05, 4.69) is 4.90 Å². The number of aliphatic carboxylic acids is 1. The van der Waals surface area contributed by atoms with Crippen LogP contribution in [0.5, 0.6) is 0 Å². The highest BCUT2D eigenvalue weighted by molar-refractivity contribution is 5.79. The van der Waals surface area contributed by atoms with Gasteiger partial charge in [-0.3, -0.25) is 14.5 Å². The number of carbonyl (C=O) groups excluding carboxylic acids is 1. The van der Waals surface area contributed by atoms with Gasteiger partial charge in [0.2, 0.25) is 5.91 Å². The number of nitrogens with zero attached hydrogens (tertiary/aromatic N) is 2. The van der Waals surface area contributed by atoms with Gasteiger partial charge < -0.3 is 15.7 Å². The fraction of sp³-hybridized carbons (Fsp3) is 0.846. The molecule has 2 heterocycles. The molecule has 0 radical (unpaired) electrons. The van der Waals surface area contributed by atoms with Gasteiger partial charge in [-0.25, -0.2) is 0 Å². The van der Waals surface area contributed by atoms with E-state index >= 15 is 0 Å². The van der Waals surface area contributed by atoms with Crippen LogP contribution in [0.3, 0.4) is 0 Å². The molecule has 6 heteroatoms. The van der Waals surface area contributed by atoms with Gasteiger partial charge in [0.15, 0.2) is 0 Å². The number of rotatable bonds is 4. The number of nitrogens with two attached hydrogens (primary N) is 1. The topological polar surface area (TPSA) is 86.9 Å². The van der Waals surface area contributed by atoms with Crippen molar-refractivity contribution in [2.24, 2.45) is 17.6 Å². The molecule has 1 amide bonds. The van der Waals surface area contributed by atoms with E-state index in [0.717, 1.165) is 19.5 Å². The Morgan fingerprint density at radius 2 is 1.84 bits per heavy atom. The quantitative estimate of drug-likeness (QED) is 0.724. The Labute approximate surface area is 113 Å². The predicted molar refractivity (Wildman–Crippen MR) is 70.5 cm³/mol. The lowest BCUT2D eigenvalue weighted by Gasteiger charge is -2.31. The van der Waals surface area contributed by atoms with Crippen LogP contribution in [0.2, 0.25) is 0 Å². The molecule has 2 rings (SSSR count). The van der Waals surface area contributed by atoms with Crippen molar-refractivity contribution in [2.45, 2.75) is 19.3 Å². The molecule has 0 bridgehead atoms. The highest BCUT2D eigenvalue weighted by Crippen LogP contribution is 2.19. The molecular weight excluding hydrogens is 246 g/mol. The summed E-state index contributed by atoms with van der Waals surface area (Å²) in [6.45, 7) is 4.14. The molecule has 2 fully saturated rings. The third-order valence-corrected chi connectivity index (χ3v) is 4.26. The number of hydrogen-bond acceptors (Lipinski definition) is 4. The van der Waals surface area contributed by atoms with Gasteiger partial charge in [0, 0.05) is 19.6 Å². The summed E-state index contributed by atoms with van der Waals surface area (Å²) < 4.78 is 0. The van der Waals surface area contributed by atoms with Crippen LogP contribution in [-0.2, 0) is 9.59 Å². The van der Waals surface area contributed by atoms with E-state index in [4.69, 9.17) is 10.8 Å². The summed E-state index contributed by atoms with van der Waals surface area (Å²) in [6, 6.07) is 0. The van der Waals surface area contributed by atoms with Crippen LogP contribution in [0, 0.1) is 11.8 Å². The van der Waals surface area contributed by atoms with E-state index < -0.39 is 5.97 Å². The maximum atomic E-state index is 12.1. The van der Waals surface area contributed by atoms with Crippen molar-refractivity contribution >= 4 is 11.9 Å². The molecule has 1 unspecified atom stereocenters. The summed E-state index contributed by atoms with van der Waals surface area (Å²) in [5, 5.41) is 8.93. The number of amides is 1. The Kier molecular flexibility index (Phi) is 4.76. The first kappa shape index (κ1) is 14.3. The van der Waals surface area contributed by atoms with Crippen molar-refractivity contribution in [3.63, 3.8) is 0 Å². The number of piperidine rings is 1.